The highest BCUT2D eigenvalue weighted by Gasteiger charge is 2.50. The highest BCUT2D eigenvalue weighted by molar-refractivity contribution is 5.39. The Bertz CT molecular complexity index is 662. The molecule has 0 bridgehead atoms. The zero-order valence-electron chi connectivity index (χ0n) is 20.9. The lowest BCUT2D eigenvalue weighted by atomic mass is 9.60. The van der Waals surface area contributed by atoms with Crippen molar-refractivity contribution in [2.24, 2.45) is 23.2 Å². The molecule has 0 spiro atoms. The van der Waals surface area contributed by atoms with Crippen molar-refractivity contribution < 1.29 is 0 Å². The summed E-state index contributed by atoms with van der Waals surface area (Å²) in [6.45, 7) is 12.2. The van der Waals surface area contributed by atoms with Crippen LogP contribution in [-0.4, -0.2) is 13.1 Å². The van der Waals surface area contributed by atoms with Gasteiger partial charge in [0.25, 0.3) is 0 Å². The van der Waals surface area contributed by atoms with Crippen LogP contribution in [0.3, 0.4) is 0 Å². The van der Waals surface area contributed by atoms with E-state index in [-0.39, 0.29) is 0 Å². The number of benzene rings is 1. The Morgan fingerprint density at radius 2 is 1.87 bits per heavy atom. The lowest BCUT2D eigenvalue weighted by Gasteiger charge is -2.44. The van der Waals surface area contributed by atoms with E-state index >= 15 is 0 Å². The Labute approximate surface area is 187 Å². The molecule has 1 nitrogen and oxygen atoms in total. The first-order chi connectivity index (χ1) is 14.4. The summed E-state index contributed by atoms with van der Waals surface area (Å²) in [7, 11) is 2.13. The molecule has 1 saturated carbocycles. The number of likely N-dealkylation sites (N-methyl/N-ethyl adjacent to an activating group) is 1. The van der Waals surface area contributed by atoms with Crippen LogP contribution in [0.15, 0.2) is 18.2 Å². The summed E-state index contributed by atoms with van der Waals surface area (Å²) in [5, 5.41) is 3.55. The number of hydrogen-bond donors (Lipinski definition) is 1. The zero-order chi connectivity index (χ0) is 21.7. The number of rotatable bonds is 11. The van der Waals surface area contributed by atoms with Gasteiger partial charge in [-0.25, -0.2) is 0 Å². The quantitative estimate of drug-likeness (QED) is 0.390. The first kappa shape index (κ1) is 23.8. The van der Waals surface area contributed by atoms with Crippen LogP contribution < -0.4 is 5.32 Å². The van der Waals surface area contributed by atoms with Crippen LogP contribution in [0.4, 0.5) is 0 Å². The van der Waals surface area contributed by atoms with E-state index < -0.39 is 0 Å². The first-order valence-corrected chi connectivity index (χ1v) is 13.2. The molecule has 170 valence electrons. The molecule has 1 aromatic carbocycles. The largest absolute Gasteiger partial charge is 0.317 e. The van der Waals surface area contributed by atoms with Gasteiger partial charge in [0, 0.05) is 6.04 Å². The molecule has 1 aromatic rings. The van der Waals surface area contributed by atoms with E-state index in [0.717, 1.165) is 23.7 Å². The molecule has 1 heteroatoms. The van der Waals surface area contributed by atoms with Crippen LogP contribution in [0.2, 0.25) is 0 Å². The molecule has 5 unspecified atom stereocenters. The van der Waals surface area contributed by atoms with Crippen LogP contribution in [-0.2, 0) is 12.8 Å². The van der Waals surface area contributed by atoms with Crippen LogP contribution >= 0.6 is 0 Å². The second-order valence-electron chi connectivity index (χ2n) is 11.4. The van der Waals surface area contributed by atoms with Crippen LogP contribution in [0.25, 0.3) is 0 Å². The van der Waals surface area contributed by atoms with Crippen molar-refractivity contribution >= 4 is 0 Å². The minimum absolute atomic E-state index is 0.528. The van der Waals surface area contributed by atoms with Crippen molar-refractivity contribution in [3.8, 4) is 0 Å². The second kappa shape index (κ2) is 10.7. The number of fused-ring (bicyclic) bond motifs is 3. The predicted molar refractivity (Wildman–Crippen MR) is 132 cm³/mol. The maximum atomic E-state index is 3.55. The minimum Gasteiger partial charge on any atom is -0.317 e. The Balaban J connectivity index is 1.68. The topological polar surface area (TPSA) is 12.0 Å². The number of aryl methyl sites for hydroxylation is 1. The van der Waals surface area contributed by atoms with E-state index in [4.69, 9.17) is 0 Å². The van der Waals surface area contributed by atoms with Gasteiger partial charge in [-0.2, -0.15) is 0 Å². The molecule has 0 aliphatic heterocycles. The summed E-state index contributed by atoms with van der Waals surface area (Å²) in [5.41, 5.74) is 5.46. The molecule has 2 aliphatic rings. The van der Waals surface area contributed by atoms with Gasteiger partial charge in [-0.15, -0.1) is 0 Å². The fourth-order valence-corrected chi connectivity index (χ4v) is 6.95. The minimum atomic E-state index is 0.528. The van der Waals surface area contributed by atoms with Crippen molar-refractivity contribution in [3.05, 3.63) is 34.9 Å². The fraction of sp³-hybridized carbons (Fsp3) is 0.793. The lowest BCUT2D eigenvalue weighted by molar-refractivity contribution is 0.119. The number of nitrogens with one attached hydrogen (secondary N) is 1. The maximum Gasteiger partial charge on any atom is 0.0104 e. The predicted octanol–water partition coefficient (Wildman–Crippen LogP) is 7.92. The van der Waals surface area contributed by atoms with Gasteiger partial charge < -0.3 is 5.32 Å². The molecule has 0 saturated heterocycles. The van der Waals surface area contributed by atoms with Crippen molar-refractivity contribution in [2.45, 2.75) is 117 Å². The summed E-state index contributed by atoms with van der Waals surface area (Å²) in [5.74, 6) is 3.46. The summed E-state index contributed by atoms with van der Waals surface area (Å²) in [4.78, 5) is 0. The SMILES string of the molecule is CCCCC(Cc1ccc2c(c1)CCC1(C)C2CCC1C(C)CCCC(C)C)NC. The van der Waals surface area contributed by atoms with Crippen molar-refractivity contribution in [3.63, 3.8) is 0 Å². The van der Waals surface area contributed by atoms with Gasteiger partial charge in [-0.3, -0.25) is 0 Å². The van der Waals surface area contributed by atoms with Crippen LogP contribution in [0.5, 0.6) is 0 Å². The summed E-state index contributed by atoms with van der Waals surface area (Å²) >= 11 is 0. The molecule has 0 aromatic heterocycles. The average molecular weight is 412 g/mol. The molecule has 3 rings (SSSR count). The fourth-order valence-electron chi connectivity index (χ4n) is 6.95. The molecule has 0 amide bonds. The standard InChI is InChI=1S/C29H49N/c1-7-8-12-25(30-6)20-23-13-14-26-24(19-23)17-18-29(5)27(15-16-28(26)29)22(4)11-9-10-21(2)3/h13-14,19,21-22,25,27-28,30H,7-12,15-18,20H2,1-6H3. The third-order valence-electron chi connectivity index (χ3n) is 8.85. The molecule has 0 radical (unpaired) electrons. The number of hydrogen-bond acceptors (Lipinski definition) is 1. The third-order valence-corrected chi connectivity index (χ3v) is 8.85. The second-order valence-corrected chi connectivity index (χ2v) is 11.4. The van der Waals surface area contributed by atoms with Gasteiger partial charge in [-0.1, -0.05) is 84.9 Å². The summed E-state index contributed by atoms with van der Waals surface area (Å²) in [6, 6.07) is 8.19. The van der Waals surface area contributed by atoms with E-state index in [1.807, 2.05) is 0 Å². The van der Waals surface area contributed by atoms with E-state index in [0.29, 0.717) is 11.5 Å². The van der Waals surface area contributed by atoms with E-state index in [9.17, 15) is 0 Å². The van der Waals surface area contributed by atoms with Gasteiger partial charge in [0.1, 0.15) is 0 Å². The highest BCUT2D eigenvalue weighted by atomic mass is 14.9. The molecular formula is C29H49N. The Morgan fingerprint density at radius 1 is 1.07 bits per heavy atom. The van der Waals surface area contributed by atoms with E-state index in [1.165, 1.54) is 70.6 Å². The lowest BCUT2D eigenvalue weighted by Crippen LogP contribution is -2.35. The first-order valence-electron chi connectivity index (χ1n) is 13.2. The van der Waals surface area contributed by atoms with Crippen LogP contribution in [0.1, 0.15) is 115 Å². The van der Waals surface area contributed by atoms with E-state index in [1.54, 1.807) is 16.7 Å². The Kier molecular flexibility index (Phi) is 8.47. The zero-order valence-corrected chi connectivity index (χ0v) is 20.9. The smallest absolute Gasteiger partial charge is 0.0104 e. The molecule has 2 aliphatic carbocycles. The molecule has 1 fully saturated rings. The molecular weight excluding hydrogens is 362 g/mol. The molecule has 0 heterocycles. The van der Waals surface area contributed by atoms with Crippen molar-refractivity contribution in [1.29, 1.82) is 0 Å². The van der Waals surface area contributed by atoms with Crippen LogP contribution in [0, 0.1) is 23.2 Å². The van der Waals surface area contributed by atoms with Crippen molar-refractivity contribution in [1.82, 2.24) is 5.32 Å². The summed E-state index contributed by atoms with van der Waals surface area (Å²) in [6.07, 6.45) is 14.9. The van der Waals surface area contributed by atoms with Gasteiger partial charge in [0.15, 0.2) is 0 Å². The Hall–Kier alpha value is -0.820. The highest BCUT2D eigenvalue weighted by Crippen LogP contribution is 2.61. The van der Waals surface area contributed by atoms with Gasteiger partial charge in [-0.05, 0) is 91.3 Å². The van der Waals surface area contributed by atoms with Gasteiger partial charge >= 0.3 is 0 Å². The van der Waals surface area contributed by atoms with Gasteiger partial charge in [0.2, 0.25) is 0 Å². The maximum absolute atomic E-state index is 3.55. The number of unbranched alkanes of at least 4 members (excludes halogenated alkanes) is 1. The monoisotopic (exact) mass is 411 g/mol. The molecule has 30 heavy (non-hydrogen) atoms. The van der Waals surface area contributed by atoms with Gasteiger partial charge in [0.05, 0.1) is 0 Å². The average Bonchev–Trinajstić information content (AvgIpc) is 3.08. The van der Waals surface area contributed by atoms with Crippen molar-refractivity contribution in [2.75, 3.05) is 7.05 Å². The third kappa shape index (κ3) is 5.32. The normalized spacial score (nSPS) is 27.7. The molecule has 5 atom stereocenters. The Morgan fingerprint density at radius 3 is 2.57 bits per heavy atom. The van der Waals surface area contributed by atoms with E-state index in [2.05, 4.69) is 65.2 Å². The molecule has 1 N–H and O–H groups in total. The summed E-state index contributed by atoms with van der Waals surface area (Å²) < 4.78 is 0.